The van der Waals surface area contributed by atoms with Gasteiger partial charge in [-0.25, -0.2) is 4.98 Å². The van der Waals surface area contributed by atoms with E-state index in [0.717, 1.165) is 35.3 Å². The van der Waals surface area contributed by atoms with E-state index in [4.69, 9.17) is 10.7 Å². The molecular formula is C22H30N4O2S. The molecule has 0 aromatic carbocycles. The normalized spacial score (nSPS) is 22.9. The predicted molar refractivity (Wildman–Crippen MR) is 117 cm³/mol. The molecule has 3 heterocycles. The molecule has 1 saturated carbocycles. The van der Waals surface area contributed by atoms with E-state index in [1.807, 2.05) is 17.0 Å². The summed E-state index contributed by atoms with van der Waals surface area (Å²) in [7, 11) is 1.60. The van der Waals surface area contributed by atoms with Crippen molar-refractivity contribution in [3.05, 3.63) is 22.7 Å². The molecule has 2 aromatic rings. The van der Waals surface area contributed by atoms with Gasteiger partial charge >= 0.3 is 0 Å². The number of anilines is 1. The van der Waals surface area contributed by atoms with Gasteiger partial charge in [-0.1, -0.05) is 19.8 Å². The second-order valence-electron chi connectivity index (χ2n) is 8.81. The fraction of sp³-hybridized carbons (Fsp3) is 0.591. The third-order valence-electron chi connectivity index (χ3n) is 6.63. The number of thiophene rings is 1. The Morgan fingerprint density at radius 1 is 1.31 bits per heavy atom. The second kappa shape index (κ2) is 7.94. The number of nitrogen functional groups attached to an aromatic ring is 1. The fourth-order valence-electron chi connectivity index (χ4n) is 4.87. The number of pyridine rings is 1. The lowest BCUT2D eigenvalue weighted by Crippen LogP contribution is -2.47. The molecule has 2 aliphatic rings. The highest BCUT2D eigenvalue weighted by atomic mass is 32.1. The molecule has 4 rings (SSSR count). The molecule has 156 valence electrons. The number of hydrogen-bond donors (Lipinski definition) is 2. The Morgan fingerprint density at radius 3 is 2.79 bits per heavy atom. The number of nitrogens with one attached hydrogen (secondary N) is 1. The molecule has 29 heavy (non-hydrogen) atoms. The minimum Gasteiger partial charge on any atom is -0.397 e. The van der Waals surface area contributed by atoms with Gasteiger partial charge in [0.25, 0.3) is 5.91 Å². The first-order chi connectivity index (χ1) is 13.9. The largest absolute Gasteiger partial charge is 0.397 e. The predicted octanol–water partition coefficient (Wildman–Crippen LogP) is 3.70. The van der Waals surface area contributed by atoms with Crippen LogP contribution in [0.5, 0.6) is 0 Å². The van der Waals surface area contributed by atoms with E-state index < -0.39 is 0 Å². The van der Waals surface area contributed by atoms with Crippen molar-refractivity contribution in [2.75, 3.05) is 25.9 Å². The Hall–Kier alpha value is -2.15. The first-order valence-corrected chi connectivity index (χ1v) is 11.4. The van der Waals surface area contributed by atoms with Crippen molar-refractivity contribution in [3.63, 3.8) is 0 Å². The van der Waals surface area contributed by atoms with Gasteiger partial charge in [-0.3, -0.25) is 9.59 Å². The van der Waals surface area contributed by atoms with Gasteiger partial charge in [-0.2, -0.15) is 0 Å². The van der Waals surface area contributed by atoms with Crippen LogP contribution >= 0.6 is 11.3 Å². The number of piperidine rings is 1. The molecule has 1 aliphatic carbocycles. The number of amides is 2. The van der Waals surface area contributed by atoms with E-state index in [-0.39, 0.29) is 11.3 Å². The summed E-state index contributed by atoms with van der Waals surface area (Å²) in [6.45, 7) is 3.75. The lowest BCUT2D eigenvalue weighted by Gasteiger charge is -2.40. The molecule has 1 saturated heterocycles. The van der Waals surface area contributed by atoms with Crippen LogP contribution < -0.4 is 11.1 Å². The van der Waals surface area contributed by atoms with Gasteiger partial charge in [0.2, 0.25) is 5.91 Å². The molecule has 0 bridgehead atoms. The maximum Gasteiger partial charge on any atom is 0.263 e. The van der Waals surface area contributed by atoms with Crippen molar-refractivity contribution in [1.82, 2.24) is 15.2 Å². The van der Waals surface area contributed by atoms with E-state index >= 15 is 0 Å². The molecular weight excluding hydrogens is 384 g/mol. The molecule has 7 heteroatoms. The lowest BCUT2D eigenvalue weighted by molar-refractivity contribution is -0.134. The number of carbonyl (C=O) groups is 2. The standard InChI is InChI=1S/C22H30N4O2S/c1-22(10-5-11-26(13-22)17(27)12-14-6-3-4-7-14)16-9-8-15-18(23)19(20(28)24-2)29-21(15)25-16/h8-9,14H,3-7,10-13,23H2,1-2H3,(H,24,28)/t22-/m0/s1. The van der Waals surface area contributed by atoms with Gasteiger partial charge in [0, 0.05) is 43.1 Å². The van der Waals surface area contributed by atoms with Crippen molar-refractivity contribution in [2.24, 2.45) is 5.92 Å². The quantitative estimate of drug-likeness (QED) is 0.798. The highest BCUT2D eigenvalue weighted by molar-refractivity contribution is 7.21. The van der Waals surface area contributed by atoms with Crippen molar-refractivity contribution in [2.45, 2.75) is 57.3 Å². The number of nitrogens with zero attached hydrogens (tertiary/aromatic N) is 2. The number of hydrogen-bond acceptors (Lipinski definition) is 5. The highest BCUT2D eigenvalue weighted by Gasteiger charge is 2.36. The SMILES string of the molecule is CNC(=O)c1sc2nc([C@@]3(C)CCCN(C(=O)CC4CCCC4)C3)ccc2c1N. The minimum atomic E-state index is -0.181. The summed E-state index contributed by atoms with van der Waals surface area (Å²) in [4.78, 5) is 33.2. The summed E-state index contributed by atoms with van der Waals surface area (Å²) >= 11 is 1.33. The van der Waals surface area contributed by atoms with Crippen molar-refractivity contribution >= 4 is 39.1 Å². The molecule has 0 unspecified atom stereocenters. The number of aromatic nitrogens is 1. The van der Waals surface area contributed by atoms with Crippen LogP contribution in [0.15, 0.2) is 12.1 Å². The van der Waals surface area contributed by atoms with Crippen molar-refractivity contribution in [1.29, 1.82) is 0 Å². The number of rotatable bonds is 4. The zero-order chi connectivity index (χ0) is 20.6. The summed E-state index contributed by atoms with van der Waals surface area (Å²) in [5, 5.41) is 3.46. The Labute approximate surface area is 175 Å². The molecule has 0 radical (unpaired) electrons. The Morgan fingerprint density at radius 2 is 2.07 bits per heavy atom. The summed E-state index contributed by atoms with van der Waals surface area (Å²) in [5.41, 5.74) is 7.47. The maximum atomic E-state index is 12.9. The third-order valence-corrected chi connectivity index (χ3v) is 7.75. The average Bonchev–Trinajstić information content (AvgIpc) is 3.35. The molecule has 1 aliphatic heterocycles. The van der Waals surface area contributed by atoms with Crippen LogP contribution in [0.25, 0.3) is 10.2 Å². The Bertz CT molecular complexity index is 934. The van der Waals surface area contributed by atoms with Gasteiger partial charge in [-0.05, 0) is 43.7 Å². The summed E-state index contributed by atoms with van der Waals surface area (Å²) in [6.07, 6.45) is 7.61. The third kappa shape index (κ3) is 3.84. The lowest BCUT2D eigenvalue weighted by atomic mass is 9.78. The van der Waals surface area contributed by atoms with E-state index in [9.17, 15) is 9.59 Å². The van der Waals surface area contributed by atoms with Crippen LogP contribution in [0, 0.1) is 5.92 Å². The number of carbonyl (C=O) groups excluding carboxylic acids is 2. The van der Waals surface area contributed by atoms with Gasteiger partial charge < -0.3 is 16.0 Å². The van der Waals surface area contributed by atoms with Gasteiger partial charge in [0.15, 0.2) is 0 Å². The summed E-state index contributed by atoms with van der Waals surface area (Å²) < 4.78 is 0. The van der Waals surface area contributed by atoms with Crippen molar-refractivity contribution < 1.29 is 9.59 Å². The van der Waals surface area contributed by atoms with Crippen LogP contribution in [0.1, 0.15) is 67.2 Å². The van der Waals surface area contributed by atoms with E-state index in [2.05, 4.69) is 12.2 Å². The number of nitrogens with two attached hydrogens (primary N) is 1. The van der Waals surface area contributed by atoms with Crippen LogP contribution in [0.3, 0.4) is 0 Å². The molecule has 1 atom stereocenters. The molecule has 2 aromatic heterocycles. The molecule has 6 nitrogen and oxygen atoms in total. The molecule has 2 amide bonds. The van der Waals surface area contributed by atoms with Crippen molar-refractivity contribution in [3.8, 4) is 0 Å². The van der Waals surface area contributed by atoms with Gasteiger partial charge in [0.05, 0.1) is 5.69 Å². The Balaban J connectivity index is 1.56. The molecule has 0 spiro atoms. The first kappa shape index (κ1) is 20.1. The fourth-order valence-corrected chi connectivity index (χ4v) is 5.91. The van der Waals surface area contributed by atoms with Crippen LogP contribution in [0.2, 0.25) is 0 Å². The maximum absolute atomic E-state index is 12.9. The van der Waals surface area contributed by atoms with Crippen LogP contribution in [0.4, 0.5) is 5.69 Å². The second-order valence-corrected chi connectivity index (χ2v) is 9.81. The molecule has 3 N–H and O–H groups in total. The van der Waals surface area contributed by atoms with Crippen LogP contribution in [-0.2, 0) is 10.2 Å². The molecule has 2 fully saturated rings. The van der Waals surface area contributed by atoms with E-state index in [1.165, 1.54) is 37.0 Å². The zero-order valence-electron chi connectivity index (χ0n) is 17.3. The van der Waals surface area contributed by atoms with Gasteiger partial charge in [0.1, 0.15) is 9.71 Å². The summed E-state index contributed by atoms with van der Waals surface area (Å²) in [6, 6.07) is 3.99. The smallest absolute Gasteiger partial charge is 0.263 e. The van der Waals surface area contributed by atoms with E-state index in [1.54, 1.807) is 7.05 Å². The van der Waals surface area contributed by atoms with Gasteiger partial charge in [-0.15, -0.1) is 11.3 Å². The van der Waals surface area contributed by atoms with Crippen LogP contribution in [-0.4, -0.2) is 41.8 Å². The number of fused-ring (bicyclic) bond motifs is 1. The highest BCUT2D eigenvalue weighted by Crippen LogP contribution is 2.38. The van der Waals surface area contributed by atoms with E-state index in [0.29, 0.717) is 35.4 Å². The average molecular weight is 415 g/mol. The topological polar surface area (TPSA) is 88.3 Å². The Kier molecular flexibility index (Phi) is 5.51. The monoisotopic (exact) mass is 414 g/mol. The number of likely N-dealkylation sites (tertiary alicyclic amines) is 1. The zero-order valence-corrected chi connectivity index (χ0v) is 18.1. The summed E-state index contributed by atoms with van der Waals surface area (Å²) in [5.74, 6) is 0.688. The first-order valence-electron chi connectivity index (χ1n) is 10.6. The minimum absolute atomic E-state index is 0.177.